The van der Waals surface area contributed by atoms with Gasteiger partial charge >= 0.3 is 5.97 Å². The second-order valence-electron chi connectivity index (χ2n) is 5.07. The van der Waals surface area contributed by atoms with E-state index >= 15 is 0 Å². The van der Waals surface area contributed by atoms with Crippen molar-refractivity contribution in [2.75, 3.05) is 6.61 Å². The molecule has 1 atom stereocenters. The van der Waals surface area contributed by atoms with Crippen molar-refractivity contribution in [1.29, 1.82) is 0 Å². The summed E-state index contributed by atoms with van der Waals surface area (Å²) in [6, 6.07) is 5.57. The van der Waals surface area contributed by atoms with E-state index in [4.69, 9.17) is 4.74 Å². The minimum Gasteiger partial charge on any atom is -0.460 e. The highest BCUT2D eigenvalue weighted by molar-refractivity contribution is 5.95. The molecule has 0 aliphatic carbocycles. The van der Waals surface area contributed by atoms with Gasteiger partial charge in [-0.3, -0.25) is 9.89 Å². The van der Waals surface area contributed by atoms with Crippen LogP contribution in [-0.4, -0.2) is 34.7 Å². The average Bonchev–Trinajstić information content (AvgIpc) is 3.14. The number of nitrogens with one attached hydrogen (secondary N) is 2. The molecule has 1 aliphatic rings. The SMILES string of the molecule is O=C1CCC(COC(=O)c2cn[nH]c2-c2ccc(F)cc2)N1. The zero-order valence-electron chi connectivity index (χ0n) is 11.6. The molecular weight excluding hydrogens is 289 g/mol. The van der Waals surface area contributed by atoms with E-state index in [0.29, 0.717) is 24.1 Å². The third-order valence-corrected chi connectivity index (χ3v) is 3.49. The number of hydrogen-bond acceptors (Lipinski definition) is 4. The van der Waals surface area contributed by atoms with Crippen LogP contribution in [0.1, 0.15) is 23.2 Å². The number of amides is 1. The van der Waals surface area contributed by atoms with Crippen molar-refractivity contribution < 1.29 is 18.7 Å². The number of nitrogens with zero attached hydrogens (tertiary/aromatic N) is 1. The second-order valence-corrected chi connectivity index (χ2v) is 5.07. The molecule has 1 unspecified atom stereocenters. The van der Waals surface area contributed by atoms with Gasteiger partial charge in [-0.2, -0.15) is 5.10 Å². The highest BCUT2D eigenvalue weighted by Gasteiger charge is 2.23. The van der Waals surface area contributed by atoms with Gasteiger partial charge in [-0.15, -0.1) is 0 Å². The molecule has 1 aromatic heterocycles. The maximum atomic E-state index is 13.0. The van der Waals surface area contributed by atoms with Crippen LogP contribution in [0.15, 0.2) is 30.5 Å². The predicted octanol–water partition coefficient (Wildman–Crippen LogP) is 1.65. The Morgan fingerprint density at radius 1 is 1.36 bits per heavy atom. The Balaban J connectivity index is 1.69. The molecule has 1 fully saturated rings. The molecule has 1 aliphatic heterocycles. The van der Waals surface area contributed by atoms with E-state index in [9.17, 15) is 14.0 Å². The van der Waals surface area contributed by atoms with Gasteiger partial charge < -0.3 is 10.1 Å². The molecule has 0 bridgehead atoms. The molecule has 0 saturated carbocycles. The minimum absolute atomic E-state index is 0.0311. The monoisotopic (exact) mass is 303 g/mol. The van der Waals surface area contributed by atoms with Crippen LogP contribution in [0.25, 0.3) is 11.3 Å². The standard InChI is InChI=1S/C15H14FN3O3/c16-10-3-1-9(2-4-10)14-12(7-17-19-14)15(21)22-8-11-5-6-13(20)18-11/h1-4,7,11H,5-6,8H2,(H,17,19)(H,18,20). The molecular formula is C15H14FN3O3. The Morgan fingerprint density at radius 2 is 2.14 bits per heavy atom. The predicted molar refractivity (Wildman–Crippen MR) is 75.4 cm³/mol. The van der Waals surface area contributed by atoms with Crippen LogP contribution < -0.4 is 5.32 Å². The van der Waals surface area contributed by atoms with Gasteiger partial charge in [0, 0.05) is 12.0 Å². The maximum Gasteiger partial charge on any atom is 0.342 e. The van der Waals surface area contributed by atoms with Crippen molar-refractivity contribution in [3.05, 3.63) is 41.8 Å². The highest BCUT2D eigenvalue weighted by atomic mass is 19.1. The van der Waals surface area contributed by atoms with Crippen LogP contribution in [0.4, 0.5) is 4.39 Å². The average molecular weight is 303 g/mol. The smallest absolute Gasteiger partial charge is 0.342 e. The lowest BCUT2D eigenvalue weighted by atomic mass is 10.1. The first-order chi connectivity index (χ1) is 10.6. The summed E-state index contributed by atoms with van der Waals surface area (Å²) in [5.41, 5.74) is 1.39. The summed E-state index contributed by atoms with van der Waals surface area (Å²) >= 11 is 0. The molecule has 22 heavy (non-hydrogen) atoms. The fraction of sp³-hybridized carbons (Fsp3) is 0.267. The lowest BCUT2D eigenvalue weighted by molar-refractivity contribution is -0.119. The van der Waals surface area contributed by atoms with Gasteiger partial charge in [-0.05, 0) is 30.7 Å². The summed E-state index contributed by atoms with van der Waals surface area (Å²) in [6.45, 7) is 0.124. The lowest BCUT2D eigenvalue weighted by Crippen LogP contribution is -2.30. The number of aromatic nitrogens is 2. The molecule has 1 amide bonds. The van der Waals surface area contributed by atoms with E-state index in [1.54, 1.807) is 12.1 Å². The zero-order chi connectivity index (χ0) is 15.5. The van der Waals surface area contributed by atoms with Crippen LogP contribution in [0.2, 0.25) is 0 Å². The number of carbonyl (C=O) groups excluding carboxylic acids is 2. The van der Waals surface area contributed by atoms with Gasteiger partial charge in [-0.25, -0.2) is 9.18 Å². The number of benzene rings is 1. The number of hydrogen-bond donors (Lipinski definition) is 2. The molecule has 6 nitrogen and oxygen atoms in total. The molecule has 1 aromatic carbocycles. The molecule has 114 valence electrons. The first-order valence-corrected chi connectivity index (χ1v) is 6.89. The van der Waals surface area contributed by atoms with E-state index in [1.165, 1.54) is 18.3 Å². The van der Waals surface area contributed by atoms with E-state index in [2.05, 4.69) is 15.5 Å². The lowest BCUT2D eigenvalue weighted by Gasteiger charge is -2.10. The molecule has 2 heterocycles. The fourth-order valence-corrected chi connectivity index (χ4v) is 2.33. The second kappa shape index (κ2) is 5.97. The van der Waals surface area contributed by atoms with E-state index in [-0.39, 0.29) is 29.9 Å². The summed E-state index contributed by atoms with van der Waals surface area (Å²) in [4.78, 5) is 23.2. The molecule has 2 aromatic rings. The van der Waals surface area contributed by atoms with Crippen molar-refractivity contribution in [3.8, 4) is 11.3 Å². The third-order valence-electron chi connectivity index (χ3n) is 3.49. The molecule has 2 N–H and O–H groups in total. The van der Waals surface area contributed by atoms with Crippen molar-refractivity contribution in [2.24, 2.45) is 0 Å². The largest absolute Gasteiger partial charge is 0.460 e. The Bertz CT molecular complexity index is 696. The van der Waals surface area contributed by atoms with Crippen molar-refractivity contribution in [2.45, 2.75) is 18.9 Å². The van der Waals surface area contributed by atoms with Gasteiger partial charge in [0.2, 0.25) is 5.91 Å². The van der Waals surface area contributed by atoms with E-state index in [1.807, 2.05) is 0 Å². The van der Waals surface area contributed by atoms with Crippen LogP contribution in [-0.2, 0) is 9.53 Å². The van der Waals surface area contributed by atoms with Crippen molar-refractivity contribution in [1.82, 2.24) is 15.5 Å². The Labute approximate surface area is 125 Å². The fourth-order valence-electron chi connectivity index (χ4n) is 2.33. The number of carbonyl (C=O) groups is 2. The summed E-state index contributed by atoms with van der Waals surface area (Å²) in [7, 11) is 0. The maximum absolute atomic E-state index is 13.0. The molecule has 3 rings (SSSR count). The van der Waals surface area contributed by atoms with Gasteiger partial charge in [0.15, 0.2) is 0 Å². The summed E-state index contributed by atoms with van der Waals surface area (Å²) < 4.78 is 18.2. The summed E-state index contributed by atoms with van der Waals surface area (Å²) in [5.74, 6) is -0.921. The number of rotatable bonds is 4. The van der Waals surface area contributed by atoms with Crippen LogP contribution in [0.3, 0.4) is 0 Å². The van der Waals surface area contributed by atoms with Crippen LogP contribution >= 0.6 is 0 Å². The Hall–Kier alpha value is -2.70. The number of aromatic amines is 1. The number of ether oxygens (including phenoxy) is 1. The Kier molecular flexibility index (Phi) is 3.86. The van der Waals surface area contributed by atoms with Gasteiger partial charge in [0.05, 0.1) is 17.9 Å². The quantitative estimate of drug-likeness (QED) is 0.841. The highest BCUT2D eigenvalue weighted by Crippen LogP contribution is 2.22. The van der Waals surface area contributed by atoms with Gasteiger partial charge in [-0.1, -0.05) is 0 Å². The molecule has 7 heteroatoms. The summed E-state index contributed by atoms with van der Waals surface area (Å²) in [5, 5.41) is 9.28. The van der Waals surface area contributed by atoms with Crippen molar-refractivity contribution in [3.63, 3.8) is 0 Å². The van der Waals surface area contributed by atoms with Crippen LogP contribution in [0.5, 0.6) is 0 Å². The number of esters is 1. The zero-order valence-corrected chi connectivity index (χ0v) is 11.6. The summed E-state index contributed by atoms with van der Waals surface area (Å²) in [6.07, 6.45) is 2.48. The van der Waals surface area contributed by atoms with Crippen molar-refractivity contribution >= 4 is 11.9 Å². The molecule has 1 saturated heterocycles. The first kappa shape index (κ1) is 14.2. The number of H-pyrrole nitrogens is 1. The van der Waals surface area contributed by atoms with E-state index in [0.717, 1.165) is 0 Å². The normalized spacial score (nSPS) is 17.3. The first-order valence-electron chi connectivity index (χ1n) is 6.89. The molecule has 0 spiro atoms. The molecule has 0 radical (unpaired) electrons. The van der Waals surface area contributed by atoms with E-state index < -0.39 is 5.97 Å². The number of halogens is 1. The van der Waals surface area contributed by atoms with Gasteiger partial charge in [0.1, 0.15) is 18.0 Å². The van der Waals surface area contributed by atoms with Crippen LogP contribution in [0, 0.1) is 5.82 Å². The minimum atomic E-state index is -0.533. The topological polar surface area (TPSA) is 84.1 Å². The Morgan fingerprint density at radius 3 is 2.82 bits per heavy atom. The van der Waals surface area contributed by atoms with Gasteiger partial charge in [0.25, 0.3) is 0 Å². The third kappa shape index (κ3) is 2.98.